The fraction of sp³-hybridized carbons (Fsp3) is 0.222. The molecule has 6 N–H and O–H groups in total. The van der Waals surface area contributed by atoms with Gasteiger partial charge in [-0.1, -0.05) is 0 Å². The normalized spacial score (nSPS) is 11.6. The molecule has 0 radical (unpaired) electrons. The lowest BCUT2D eigenvalue weighted by Gasteiger charge is -2.22. The summed E-state index contributed by atoms with van der Waals surface area (Å²) < 4.78 is 2.75. The molecule has 0 aliphatic carbocycles. The maximum absolute atomic E-state index is 12.1. The van der Waals surface area contributed by atoms with Crippen LogP contribution in [0.4, 0.5) is 0 Å². The van der Waals surface area contributed by atoms with Crippen molar-refractivity contribution in [2.24, 2.45) is 17.2 Å². The van der Waals surface area contributed by atoms with E-state index in [1.807, 2.05) is 12.1 Å². The maximum atomic E-state index is 12.1. The molecule has 0 bridgehead atoms. The first kappa shape index (κ1) is 15.0. The predicted octanol–water partition coefficient (Wildman–Crippen LogP) is 1.26. The highest BCUT2D eigenvalue weighted by Gasteiger charge is 2.31. The van der Waals surface area contributed by atoms with Crippen molar-refractivity contribution in [3.05, 3.63) is 28.4 Å². The SMILES string of the molecule is NCC(N)(N)C(=O)c1c(I)cc(I)cc1I. The highest BCUT2D eigenvalue weighted by Crippen LogP contribution is 2.24. The van der Waals surface area contributed by atoms with E-state index < -0.39 is 5.66 Å². The van der Waals surface area contributed by atoms with E-state index in [-0.39, 0.29) is 12.3 Å². The molecule has 4 nitrogen and oxygen atoms in total. The first-order valence-corrected chi connectivity index (χ1v) is 7.50. The molecule has 1 aromatic rings. The second kappa shape index (κ2) is 5.73. The Morgan fingerprint density at radius 3 is 2.00 bits per heavy atom. The zero-order valence-corrected chi connectivity index (χ0v) is 14.6. The largest absolute Gasteiger partial charge is 0.327 e. The number of carbonyl (C=O) groups excluding carboxylic acids is 1. The van der Waals surface area contributed by atoms with E-state index in [2.05, 4.69) is 67.8 Å². The molecular weight excluding hydrogens is 547 g/mol. The van der Waals surface area contributed by atoms with Crippen molar-refractivity contribution >= 4 is 73.6 Å². The Hall–Kier alpha value is 0.960. The topological polar surface area (TPSA) is 95.1 Å². The third kappa shape index (κ3) is 3.25. The number of hydrogen-bond acceptors (Lipinski definition) is 4. The second-order valence-corrected chi connectivity index (χ2v) is 6.89. The number of hydrogen-bond donors (Lipinski definition) is 3. The summed E-state index contributed by atoms with van der Waals surface area (Å²) in [5, 5.41) is 0. The van der Waals surface area contributed by atoms with Crippen molar-refractivity contribution in [1.82, 2.24) is 0 Å². The van der Waals surface area contributed by atoms with Crippen LogP contribution in [0, 0.1) is 10.7 Å². The van der Waals surface area contributed by atoms with E-state index in [0.717, 1.165) is 10.7 Å². The molecule has 88 valence electrons. The van der Waals surface area contributed by atoms with Crippen LogP contribution in [0.1, 0.15) is 10.4 Å². The van der Waals surface area contributed by atoms with Gasteiger partial charge in [-0.25, -0.2) is 0 Å². The molecule has 0 unspecified atom stereocenters. The Balaban J connectivity index is 3.30. The van der Waals surface area contributed by atoms with Crippen molar-refractivity contribution in [3.63, 3.8) is 0 Å². The van der Waals surface area contributed by atoms with Crippen LogP contribution in [0.5, 0.6) is 0 Å². The summed E-state index contributed by atoms with van der Waals surface area (Å²) in [5.41, 5.74) is 15.8. The summed E-state index contributed by atoms with van der Waals surface area (Å²) in [5.74, 6) is -0.319. The quantitative estimate of drug-likeness (QED) is 0.297. The van der Waals surface area contributed by atoms with E-state index in [1.165, 1.54) is 0 Å². The molecule has 0 aromatic heterocycles. The summed E-state index contributed by atoms with van der Waals surface area (Å²) in [7, 11) is 0. The Kier molecular flexibility index (Phi) is 5.38. The summed E-state index contributed by atoms with van der Waals surface area (Å²) in [4.78, 5) is 12.1. The lowest BCUT2D eigenvalue weighted by Crippen LogP contribution is -2.61. The second-order valence-electron chi connectivity index (χ2n) is 3.32. The lowest BCUT2D eigenvalue weighted by atomic mass is 10.00. The maximum Gasteiger partial charge on any atom is 0.200 e. The summed E-state index contributed by atoms with van der Waals surface area (Å²) in [6, 6.07) is 3.81. The Morgan fingerprint density at radius 2 is 1.62 bits per heavy atom. The highest BCUT2D eigenvalue weighted by atomic mass is 127. The number of benzene rings is 1. The average molecular weight is 557 g/mol. The first-order valence-electron chi connectivity index (χ1n) is 4.26. The van der Waals surface area contributed by atoms with Crippen molar-refractivity contribution in [2.45, 2.75) is 5.66 Å². The van der Waals surface area contributed by atoms with E-state index >= 15 is 0 Å². The smallest absolute Gasteiger partial charge is 0.200 e. The van der Waals surface area contributed by atoms with Gasteiger partial charge in [-0.15, -0.1) is 0 Å². The molecule has 0 fully saturated rings. The van der Waals surface area contributed by atoms with Gasteiger partial charge in [0.25, 0.3) is 0 Å². The molecule has 0 atom stereocenters. The molecule has 0 saturated carbocycles. The minimum absolute atomic E-state index is 0.0794. The van der Waals surface area contributed by atoms with E-state index in [0.29, 0.717) is 5.56 Å². The Bertz CT molecular complexity index is 411. The lowest BCUT2D eigenvalue weighted by molar-refractivity contribution is 0.0896. The van der Waals surface area contributed by atoms with Crippen LogP contribution < -0.4 is 17.2 Å². The average Bonchev–Trinajstić information content (AvgIpc) is 2.15. The summed E-state index contributed by atoms with van der Waals surface area (Å²) in [6.45, 7) is -0.0794. The van der Waals surface area contributed by atoms with Crippen LogP contribution in [0.25, 0.3) is 0 Å². The predicted molar refractivity (Wildman–Crippen MR) is 89.1 cm³/mol. The zero-order chi connectivity index (χ0) is 12.5. The standard InChI is InChI=1S/C9H10I3N3O/c10-4-1-5(11)7(6(12)2-4)8(16)9(14,15)3-13/h1-2H,3,13-15H2. The molecule has 16 heavy (non-hydrogen) atoms. The Labute approximate surface area is 134 Å². The molecule has 0 saturated heterocycles. The first-order chi connectivity index (χ1) is 7.29. The van der Waals surface area contributed by atoms with Crippen molar-refractivity contribution in [2.75, 3.05) is 6.54 Å². The number of nitrogens with two attached hydrogens (primary N) is 3. The number of Topliss-reactive ketones (excluding diaryl/α,β-unsaturated/α-hetero) is 1. The zero-order valence-electron chi connectivity index (χ0n) is 8.14. The summed E-state index contributed by atoms with van der Waals surface area (Å²) >= 11 is 6.39. The molecule has 0 spiro atoms. The van der Waals surface area contributed by atoms with Gasteiger partial charge in [0.15, 0.2) is 5.78 Å². The number of ketones is 1. The molecule has 1 aromatic carbocycles. The fourth-order valence-electron chi connectivity index (χ4n) is 1.08. The van der Waals surface area contributed by atoms with Crippen LogP contribution in [-0.4, -0.2) is 18.0 Å². The van der Waals surface area contributed by atoms with Crippen molar-refractivity contribution < 1.29 is 4.79 Å². The molecule has 1 rings (SSSR count). The van der Waals surface area contributed by atoms with Crippen LogP contribution in [-0.2, 0) is 0 Å². The van der Waals surface area contributed by atoms with Crippen LogP contribution in [0.15, 0.2) is 12.1 Å². The van der Waals surface area contributed by atoms with Gasteiger partial charge in [-0.3, -0.25) is 4.79 Å². The Morgan fingerprint density at radius 1 is 1.19 bits per heavy atom. The third-order valence-corrected chi connectivity index (χ3v) is 4.32. The van der Waals surface area contributed by atoms with Gasteiger partial charge in [0.1, 0.15) is 5.66 Å². The van der Waals surface area contributed by atoms with Gasteiger partial charge in [0.05, 0.1) is 0 Å². The number of rotatable bonds is 3. The minimum Gasteiger partial charge on any atom is -0.327 e. The van der Waals surface area contributed by atoms with E-state index in [9.17, 15) is 4.79 Å². The molecule has 0 heterocycles. The summed E-state index contributed by atoms with van der Waals surface area (Å²) in [6.07, 6.45) is 0. The number of carbonyl (C=O) groups is 1. The van der Waals surface area contributed by atoms with Crippen LogP contribution in [0.2, 0.25) is 0 Å². The van der Waals surface area contributed by atoms with Gasteiger partial charge in [-0.2, -0.15) is 0 Å². The van der Waals surface area contributed by atoms with Gasteiger partial charge < -0.3 is 17.2 Å². The van der Waals surface area contributed by atoms with Gasteiger partial charge >= 0.3 is 0 Å². The third-order valence-electron chi connectivity index (χ3n) is 1.99. The van der Waals surface area contributed by atoms with Crippen LogP contribution in [0.3, 0.4) is 0 Å². The highest BCUT2D eigenvalue weighted by molar-refractivity contribution is 14.1. The fourth-order valence-corrected chi connectivity index (χ4v) is 5.16. The van der Waals surface area contributed by atoms with Crippen molar-refractivity contribution in [3.8, 4) is 0 Å². The van der Waals surface area contributed by atoms with Crippen LogP contribution >= 0.6 is 67.8 Å². The van der Waals surface area contributed by atoms with Gasteiger partial charge in [0.2, 0.25) is 0 Å². The van der Waals surface area contributed by atoms with Crippen molar-refractivity contribution in [1.29, 1.82) is 0 Å². The van der Waals surface area contributed by atoms with Gasteiger partial charge in [0, 0.05) is 22.8 Å². The molecule has 0 aliphatic heterocycles. The minimum atomic E-state index is -1.49. The molecular formula is C9H10I3N3O. The van der Waals surface area contributed by atoms with E-state index in [1.54, 1.807) is 0 Å². The number of halogens is 3. The molecule has 0 amide bonds. The van der Waals surface area contributed by atoms with E-state index in [4.69, 9.17) is 17.2 Å². The molecule has 0 aliphatic rings. The molecule has 7 heteroatoms. The van der Waals surface area contributed by atoms with Gasteiger partial charge in [-0.05, 0) is 79.9 Å². The monoisotopic (exact) mass is 557 g/mol.